The Morgan fingerprint density at radius 1 is 1.50 bits per heavy atom. The Kier molecular flexibility index (Phi) is 4.25. The molecule has 1 aliphatic rings. The fourth-order valence-corrected chi connectivity index (χ4v) is 2.66. The number of β-amino-alcohol motifs (C(OH)–C–C–N with tert-alkyl or cyclic N) is 1. The average molecular weight is 281 g/mol. The van der Waals surface area contributed by atoms with Crippen molar-refractivity contribution in [2.45, 2.75) is 31.9 Å². The van der Waals surface area contributed by atoms with Crippen molar-refractivity contribution in [3.8, 4) is 0 Å². The zero-order valence-electron chi connectivity index (χ0n) is 11.5. The monoisotopic (exact) mass is 281 g/mol. The first kappa shape index (κ1) is 14.7. The van der Waals surface area contributed by atoms with Gasteiger partial charge in [-0.2, -0.15) is 0 Å². The van der Waals surface area contributed by atoms with Crippen molar-refractivity contribution in [3.05, 3.63) is 35.1 Å². The number of benzene rings is 1. The van der Waals surface area contributed by atoms with E-state index in [1.807, 2.05) is 6.92 Å². The minimum absolute atomic E-state index is 0.114. The predicted octanol–water partition coefficient (Wildman–Crippen LogP) is 1.27. The van der Waals surface area contributed by atoms with Crippen LogP contribution >= 0.6 is 0 Å². The van der Waals surface area contributed by atoms with Crippen molar-refractivity contribution >= 4 is 5.84 Å². The fourth-order valence-electron chi connectivity index (χ4n) is 2.66. The molecule has 0 amide bonds. The lowest BCUT2D eigenvalue weighted by Crippen LogP contribution is -2.45. The molecule has 0 aliphatic carbocycles. The highest BCUT2D eigenvalue weighted by atomic mass is 19.1. The molecule has 110 valence electrons. The zero-order chi connectivity index (χ0) is 14.8. The van der Waals surface area contributed by atoms with Crippen molar-refractivity contribution in [3.63, 3.8) is 0 Å². The first-order chi connectivity index (χ1) is 9.39. The summed E-state index contributed by atoms with van der Waals surface area (Å²) in [6.07, 6.45) is 1.69. The lowest BCUT2D eigenvalue weighted by molar-refractivity contribution is -0.0181. The molecule has 20 heavy (non-hydrogen) atoms. The molecule has 1 aromatic carbocycles. The van der Waals surface area contributed by atoms with Crippen molar-refractivity contribution in [1.29, 1.82) is 0 Å². The third kappa shape index (κ3) is 3.68. The molecule has 4 N–H and O–H groups in total. The number of amidine groups is 1. The normalized spacial score (nSPS) is 24.9. The molecular weight excluding hydrogens is 261 g/mol. The van der Waals surface area contributed by atoms with Crippen LogP contribution in [0.2, 0.25) is 0 Å². The largest absolute Gasteiger partial charge is 0.409 e. The van der Waals surface area contributed by atoms with Gasteiger partial charge in [-0.05, 0) is 50.1 Å². The van der Waals surface area contributed by atoms with Crippen molar-refractivity contribution < 1.29 is 14.7 Å². The van der Waals surface area contributed by atoms with Crippen LogP contribution in [0.1, 0.15) is 30.9 Å². The van der Waals surface area contributed by atoms with Crippen molar-refractivity contribution in [1.82, 2.24) is 4.90 Å². The maximum absolute atomic E-state index is 13.6. The van der Waals surface area contributed by atoms with E-state index in [9.17, 15) is 9.50 Å². The highest BCUT2D eigenvalue weighted by Crippen LogP contribution is 2.22. The van der Waals surface area contributed by atoms with Gasteiger partial charge in [0.25, 0.3) is 0 Å². The lowest BCUT2D eigenvalue weighted by Gasteiger charge is -2.36. The number of nitrogens with zero attached hydrogens (tertiary/aromatic N) is 2. The summed E-state index contributed by atoms with van der Waals surface area (Å²) in [5.74, 6) is -0.538. The zero-order valence-corrected chi connectivity index (χ0v) is 11.5. The van der Waals surface area contributed by atoms with E-state index in [0.29, 0.717) is 18.7 Å². The molecule has 2 rings (SSSR count). The number of oxime groups is 1. The summed E-state index contributed by atoms with van der Waals surface area (Å²) in [6, 6.07) is 4.35. The van der Waals surface area contributed by atoms with Gasteiger partial charge in [0.1, 0.15) is 5.82 Å². The van der Waals surface area contributed by atoms with E-state index < -0.39 is 11.4 Å². The van der Waals surface area contributed by atoms with Crippen LogP contribution in [0.4, 0.5) is 4.39 Å². The van der Waals surface area contributed by atoms with Gasteiger partial charge in [0.05, 0.1) is 5.60 Å². The summed E-state index contributed by atoms with van der Waals surface area (Å²) in [6.45, 7) is 3.76. The van der Waals surface area contributed by atoms with E-state index in [2.05, 4.69) is 10.1 Å². The van der Waals surface area contributed by atoms with Gasteiger partial charge in [0.2, 0.25) is 0 Å². The molecule has 5 nitrogen and oxygen atoms in total. The Morgan fingerprint density at radius 2 is 2.25 bits per heavy atom. The minimum Gasteiger partial charge on any atom is -0.409 e. The van der Waals surface area contributed by atoms with Gasteiger partial charge < -0.3 is 16.0 Å². The summed E-state index contributed by atoms with van der Waals surface area (Å²) < 4.78 is 13.6. The predicted molar refractivity (Wildman–Crippen MR) is 74.0 cm³/mol. The molecule has 1 aliphatic heterocycles. The average Bonchev–Trinajstić information content (AvgIpc) is 2.35. The molecule has 1 saturated heterocycles. The Bertz CT molecular complexity index is 517. The molecule has 0 aromatic heterocycles. The van der Waals surface area contributed by atoms with Crippen LogP contribution in [0.25, 0.3) is 0 Å². The third-order valence-corrected chi connectivity index (χ3v) is 3.52. The lowest BCUT2D eigenvalue weighted by atomic mass is 9.95. The number of piperidine rings is 1. The number of nitrogens with two attached hydrogens (primary N) is 1. The maximum atomic E-state index is 13.6. The third-order valence-electron chi connectivity index (χ3n) is 3.52. The molecular formula is C14H20FN3O2. The summed E-state index contributed by atoms with van der Waals surface area (Å²) >= 11 is 0. The molecule has 1 unspecified atom stereocenters. The second kappa shape index (κ2) is 5.76. The van der Waals surface area contributed by atoms with E-state index in [4.69, 9.17) is 10.9 Å². The van der Waals surface area contributed by atoms with E-state index >= 15 is 0 Å². The van der Waals surface area contributed by atoms with Crippen LogP contribution in [0.5, 0.6) is 0 Å². The molecule has 0 spiro atoms. The minimum atomic E-state index is -0.694. The van der Waals surface area contributed by atoms with Gasteiger partial charge >= 0.3 is 0 Å². The molecule has 1 fully saturated rings. The Morgan fingerprint density at radius 3 is 2.90 bits per heavy atom. The molecule has 1 atom stereocenters. The van der Waals surface area contributed by atoms with E-state index in [1.165, 1.54) is 12.1 Å². The van der Waals surface area contributed by atoms with Gasteiger partial charge in [-0.15, -0.1) is 0 Å². The van der Waals surface area contributed by atoms with Gasteiger partial charge in [-0.1, -0.05) is 5.16 Å². The highest BCUT2D eigenvalue weighted by Gasteiger charge is 2.28. The number of halogens is 1. The van der Waals surface area contributed by atoms with Gasteiger partial charge in [0.15, 0.2) is 5.84 Å². The topological polar surface area (TPSA) is 82.1 Å². The Balaban J connectivity index is 2.15. The van der Waals surface area contributed by atoms with Crippen LogP contribution in [-0.2, 0) is 6.54 Å². The first-order valence-corrected chi connectivity index (χ1v) is 6.62. The standard InChI is InChI=1S/C14H20FN3O2/c1-14(19)3-2-4-18(9-14)8-10-5-11(13(16)17-20)7-12(15)6-10/h5-7,19-20H,2-4,8-9H2,1H3,(H2,16,17). The van der Waals surface area contributed by atoms with Gasteiger partial charge in [-0.25, -0.2) is 4.39 Å². The summed E-state index contributed by atoms with van der Waals surface area (Å²) in [5.41, 5.74) is 5.89. The van der Waals surface area contributed by atoms with Crippen LogP contribution in [0.15, 0.2) is 23.4 Å². The fraction of sp³-hybridized carbons (Fsp3) is 0.500. The number of aliphatic hydroxyl groups is 1. The van der Waals surface area contributed by atoms with Crippen LogP contribution in [0.3, 0.4) is 0 Å². The number of hydrogen-bond donors (Lipinski definition) is 3. The SMILES string of the molecule is CC1(O)CCCN(Cc2cc(F)cc(/C(N)=N/O)c2)C1. The number of likely N-dealkylation sites (tertiary alicyclic amines) is 1. The van der Waals surface area contributed by atoms with Crippen LogP contribution in [0, 0.1) is 5.82 Å². The van der Waals surface area contributed by atoms with E-state index in [1.54, 1.807) is 6.07 Å². The Hall–Kier alpha value is -1.66. The summed E-state index contributed by atoms with van der Waals surface area (Å²) in [7, 11) is 0. The maximum Gasteiger partial charge on any atom is 0.170 e. The number of hydrogen-bond acceptors (Lipinski definition) is 4. The second-order valence-electron chi connectivity index (χ2n) is 5.64. The van der Waals surface area contributed by atoms with E-state index in [0.717, 1.165) is 24.9 Å². The van der Waals surface area contributed by atoms with Crippen molar-refractivity contribution in [2.24, 2.45) is 10.9 Å². The molecule has 1 heterocycles. The summed E-state index contributed by atoms with van der Waals surface area (Å²) in [5, 5.41) is 21.6. The number of rotatable bonds is 3. The van der Waals surface area contributed by atoms with E-state index in [-0.39, 0.29) is 5.84 Å². The Labute approximate surface area is 117 Å². The molecule has 0 radical (unpaired) electrons. The molecule has 1 aromatic rings. The van der Waals surface area contributed by atoms with Crippen molar-refractivity contribution in [2.75, 3.05) is 13.1 Å². The highest BCUT2D eigenvalue weighted by molar-refractivity contribution is 5.97. The summed E-state index contributed by atoms with van der Waals surface area (Å²) in [4.78, 5) is 2.08. The van der Waals surface area contributed by atoms with Crippen LogP contribution < -0.4 is 5.73 Å². The quantitative estimate of drug-likeness (QED) is 0.337. The molecule has 0 bridgehead atoms. The molecule has 6 heteroatoms. The smallest absolute Gasteiger partial charge is 0.170 e. The molecule has 0 saturated carbocycles. The van der Waals surface area contributed by atoms with Gasteiger partial charge in [0, 0.05) is 18.7 Å². The van der Waals surface area contributed by atoms with Crippen LogP contribution in [-0.4, -0.2) is 39.7 Å². The first-order valence-electron chi connectivity index (χ1n) is 6.62. The second-order valence-corrected chi connectivity index (χ2v) is 5.64. The van der Waals surface area contributed by atoms with Gasteiger partial charge in [-0.3, -0.25) is 4.90 Å².